The predicted molar refractivity (Wildman–Crippen MR) is 126 cm³/mol. The number of ether oxygens (including phenoxy) is 1. The fourth-order valence-electron chi connectivity index (χ4n) is 6.08. The van der Waals surface area contributed by atoms with E-state index in [-0.39, 0.29) is 36.1 Å². The second kappa shape index (κ2) is 11.3. The summed E-state index contributed by atoms with van der Waals surface area (Å²) in [6, 6.07) is 0.109. The fourth-order valence-corrected chi connectivity index (χ4v) is 6.08. The lowest BCUT2D eigenvalue weighted by Gasteiger charge is -2.42. The maximum Gasteiger partial charge on any atom is 0.246 e. The standard InChI is InChI=1S/C25H43N3O5/c1-6-33-24-16(2)20(29)13-21(30)23(24)25(32)28-14-17-9-7-10-19(18(17)15-28)27(5)22(31)11-8-12-26(3)4/h8,11,16-21,23-24,29-30H,6-7,9-10,12-15H2,1-5H3/b11-8+. The lowest BCUT2D eigenvalue weighted by molar-refractivity contribution is -0.166. The quantitative estimate of drug-likeness (QED) is 0.545. The van der Waals surface area contributed by atoms with Crippen LogP contribution in [0.2, 0.25) is 0 Å². The Morgan fingerprint density at radius 3 is 2.52 bits per heavy atom. The van der Waals surface area contributed by atoms with E-state index >= 15 is 0 Å². The molecular weight excluding hydrogens is 422 g/mol. The third-order valence-corrected chi connectivity index (χ3v) is 7.97. The van der Waals surface area contributed by atoms with Crippen LogP contribution in [0.1, 0.15) is 39.5 Å². The van der Waals surface area contributed by atoms with Crippen molar-refractivity contribution in [1.29, 1.82) is 0 Å². The molecule has 33 heavy (non-hydrogen) atoms. The summed E-state index contributed by atoms with van der Waals surface area (Å²) in [5.74, 6) is -0.328. The van der Waals surface area contributed by atoms with E-state index in [2.05, 4.69) is 0 Å². The van der Waals surface area contributed by atoms with Gasteiger partial charge in [0.1, 0.15) is 0 Å². The lowest BCUT2D eigenvalue weighted by Crippen LogP contribution is -2.55. The molecule has 8 nitrogen and oxygen atoms in total. The first-order chi connectivity index (χ1) is 15.6. The van der Waals surface area contributed by atoms with Crippen molar-refractivity contribution in [2.24, 2.45) is 23.7 Å². The molecule has 8 atom stereocenters. The Hall–Kier alpha value is -1.48. The van der Waals surface area contributed by atoms with Gasteiger partial charge >= 0.3 is 0 Å². The summed E-state index contributed by atoms with van der Waals surface area (Å²) in [7, 11) is 5.81. The van der Waals surface area contributed by atoms with Gasteiger partial charge in [0.2, 0.25) is 11.8 Å². The number of hydrogen-bond donors (Lipinski definition) is 2. The fraction of sp³-hybridized carbons (Fsp3) is 0.840. The van der Waals surface area contributed by atoms with Crippen LogP contribution in [0.5, 0.6) is 0 Å². The van der Waals surface area contributed by atoms with Crippen LogP contribution in [-0.4, -0.2) is 108 Å². The van der Waals surface area contributed by atoms with Gasteiger partial charge in [-0.15, -0.1) is 0 Å². The summed E-state index contributed by atoms with van der Waals surface area (Å²) in [6.07, 6.45) is 4.70. The van der Waals surface area contributed by atoms with Gasteiger partial charge in [-0.05, 0) is 39.8 Å². The minimum Gasteiger partial charge on any atom is -0.393 e. The van der Waals surface area contributed by atoms with E-state index in [9.17, 15) is 19.8 Å². The van der Waals surface area contributed by atoms with Gasteiger partial charge < -0.3 is 29.6 Å². The van der Waals surface area contributed by atoms with Crippen LogP contribution in [0.4, 0.5) is 0 Å². The summed E-state index contributed by atoms with van der Waals surface area (Å²) in [5.41, 5.74) is 0. The molecule has 188 valence electrons. The van der Waals surface area contributed by atoms with Gasteiger partial charge in [0.25, 0.3) is 0 Å². The number of fused-ring (bicyclic) bond motifs is 1. The van der Waals surface area contributed by atoms with Gasteiger partial charge in [-0.3, -0.25) is 9.59 Å². The Morgan fingerprint density at radius 2 is 1.85 bits per heavy atom. The molecule has 0 aromatic heterocycles. The van der Waals surface area contributed by atoms with Gasteiger partial charge in [-0.2, -0.15) is 0 Å². The molecule has 0 radical (unpaired) electrons. The van der Waals surface area contributed by atoms with Crippen molar-refractivity contribution in [2.75, 3.05) is 47.4 Å². The summed E-state index contributed by atoms with van der Waals surface area (Å²) in [6.45, 7) is 6.18. The van der Waals surface area contributed by atoms with E-state index in [1.807, 2.05) is 55.8 Å². The Balaban J connectivity index is 1.70. The van der Waals surface area contributed by atoms with Crippen LogP contribution in [0.3, 0.4) is 0 Å². The predicted octanol–water partition coefficient (Wildman–Crippen LogP) is 0.973. The lowest BCUT2D eigenvalue weighted by atomic mass is 9.75. The molecule has 0 aromatic carbocycles. The highest BCUT2D eigenvalue weighted by atomic mass is 16.5. The van der Waals surface area contributed by atoms with Crippen molar-refractivity contribution in [3.63, 3.8) is 0 Å². The number of nitrogens with zero attached hydrogens (tertiary/aromatic N) is 3. The van der Waals surface area contributed by atoms with Crippen LogP contribution in [0.15, 0.2) is 12.2 Å². The van der Waals surface area contributed by atoms with Gasteiger partial charge in [-0.25, -0.2) is 0 Å². The molecule has 3 fully saturated rings. The van der Waals surface area contributed by atoms with Crippen LogP contribution in [0.25, 0.3) is 0 Å². The highest BCUT2D eigenvalue weighted by molar-refractivity contribution is 5.87. The number of hydrogen-bond acceptors (Lipinski definition) is 6. The third kappa shape index (κ3) is 5.78. The van der Waals surface area contributed by atoms with Crippen molar-refractivity contribution in [1.82, 2.24) is 14.7 Å². The molecule has 0 aromatic rings. The Bertz CT molecular complexity index is 714. The van der Waals surface area contributed by atoms with E-state index in [0.29, 0.717) is 25.6 Å². The molecule has 3 aliphatic rings. The molecule has 0 bridgehead atoms. The number of likely N-dealkylation sites (N-methyl/N-ethyl adjacent to an activating group) is 2. The number of rotatable bonds is 7. The molecule has 8 heteroatoms. The summed E-state index contributed by atoms with van der Waals surface area (Å²) >= 11 is 0. The van der Waals surface area contributed by atoms with Crippen LogP contribution < -0.4 is 0 Å². The number of carbonyl (C=O) groups is 2. The molecule has 3 rings (SSSR count). The first-order valence-electron chi connectivity index (χ1n) is 12.5. The molecule has 2 saturated carbocycles. The maximum absolute atomic E-state index is 13.6. The maximum atomic E-state index is 13.6. The molecule has 2 aliphatic carbocycles. The molecule has 8 unspecified atom stereocenters. The van der Waals surface area contributed by atoms with Crippen molar-refractivity contribution >= 4 is 11.8 Å². The van der Waals surface area contributed by atoms with Gasteiger partial charge in [-0.1, -0.05) is 19.4 Å². The normalized spacial score (nSPS) is 36.9. The highest BCUT2D eigenvalue weighted by Crippen LogP contribution is 2.41. The van der Waals surface area contributed by atoms with E-state index in [1.165, 1.54) is 0 Å². The van der Waals surface area contributed by atoms with Gasteiger partial charge in [0, 0.05) is 63.7 Å². The molecule has 1 aliphatic heterocycles. The molecular formula is C25H43N3O5. The van der Waals surface area contributed by atoms with E-state index in [0.717, 1.165) is 25.8 Å². The number of aliphatic hydroxyl groups excluding tert-OH is 2. The Kier molecular flexibility index (Phi) is 8.95. The molecule has 2 N–H and O–H groups in total. The zero-order chi connectivity index (χ0) is 24.3. The Morgan fingerprint density at radius 1 is 1.12 bits per heavy atom. The van der Waals surface area contributed by atoms with Crippen molar-refractivity contribution in [2.45, 2.75) is 63.9 Å². The molecule has 2 amide bonds. The number of carbonyl (C=O) groups excluding carboxylic acids is 2. The van der Waals surface area contributed by atoms with Crippen LogP contribution in [0, 0.1) is 23.7 Å². The minimum atomic E-state index is -0.912. The van der Waals surface area contributed by atoms with Crippen molar-refractivity contribution in [3.8, 4) is 0 Å². The zero-order valence-electron chi connectivity index (χ0n) is 20.9. The monoisotopic (exact) mass is 465 g/mol. The molecule has 0 spiro atoms. The Labute approximate surface area is 198 Å². The van der Waals surface area contributed by atoms with Gasteiger partial charge in [0.05, 0.1) is 24.2 Å². The van der Waals surface area contributed by atoms with Gasteiger partial charge in [0.15, 0.2) is 0 Å². The number of amides is 2. The molecule has 1 heterocycles. The first kappa shape index (κ1) is 26.1. The smallest absolute Gasteiger partial charge is 0.246 e. The summed E-state index contributed by atoms with van der Waals surface area (Å²) in [4.78, 5) is 32.1. The largest absolute Gasteiger partial charge is 0.393 e. The van der Waals surface area contributed by atoms with Crippen molar-refractivity contribution < 1.29 is 24.5 Å². The van der Waals surface area contributed by atoms with E-state index in [1.54, 1.807) is 6.08 Å². The van der Waals surface area contributed by atoms with Crippen molar-refractivity contribution in [3.05, 3.63) is 12.2 Å². The zero-order valence-corrected chi connectivity index (χ0v) is 20.9. The summed E-state index contributed by atoms with van der Waals surface area (Å²) < 4.78 is 5.86. The second-order valence-corrected chi connectivity index (χ2v) is 10.5. The summed E-state index contributed by atoms with van der Waals surface area (Å²) in [5, 5.41) is 21.0. The minimum absolute atomic E-state index is 0.00852. The topological polar surface area (TPSA) is 93.5 Å². The highest BCUT2D eigenvalue weighted by Gasteiger charge is 2.50. The van der Waals surface area contributed by atoms with Crippen LogP contribution >= 0.6 is 0 Å². The average Bonchev–Trinajstić information content (AvgIpc) is 3.21. The number of likely N-dealkylation sites (tertiary alicyclic amines) is 1. The van der Waals surface area contributed by atoms with E-state index < -0.39 is 24.2 Å². The first-order valence-corrected chi connectivity index (χ1v) is 12.5. The second-order valence-electron chi connectivity index (χ2n) is 10.5. The number of aliphatic hydroxyl groups is 2. The average molecular weight is 466 g/mol. The van der Waals surface area contributed by atoms with Crippen LogP contribution in [-0.2, 0) is 14.3 Å². The third-order valence-electron chi connectivity index (χ3n) is 7.97. The molecule has 1 saturated heterocycles. The van der Waals surface area contributed by atoms with E-state index in [4.69, 9.17) is 4.74 Å². The SMILES string of the molecule is CCOC1C(C)C(O)CC(O)C1C(=O)N1CC2CCCC(N(C)C(=O)/C=C/CN(C)C)C2C1.